The number of nitrogens with one attached hydrogen (secondary N) is 2. The fraction of sp³-hybridized carbons (Fsp3) is 0.513. The molecule has 274 valence electrons. The Balaban J connectivity index is 1.49. The quantitative estimate of drug-likeness (QED) is 0.298. The number of nitrogens with zero attached hydrogens (tertiary/aromatic N) is 2. The number of hydrogen-bond donors (Lipinski definition) is 2. The van der Waals surface area contributed by atoms with Gasteiger partial charge in [0.2, 0.25) is 11.8 Å². The number of esters is 1. The van der Waals surface area contributed by atoms with Gasteiger partial charge in [-0.3, -0.25) is 9.59 Å². The molecule has 4 atom stereocenters. The number of carbonyl (C=O) groups is 4. The van der Waals surface area contributed by atoms with Gasteiger partial charge >= 0.3 is 12.1 Å². The second kappa shape index (κ2) is 16.9. The van der Waals surface area contributed by atoms with E-state index in [1.807, 2.05) is 54.6 Å². The summed E-state index contributed by atoms with van der Waals surface area (Å²) in [6.07, 6.45) is 4.78. The largest absolute Gasteiger partial charge is 0.497 e. The van der Waals surface area contributed by atoms with Crippen LogP contribution in [0.5, 0.6) is 11.5 Å². The van der Waals surface area contributed by atoms with Crippen molar-refractivity contribution in [3.8, 4) is 22.8 Å². The van der Waals surface area contributed by atoms with E-state index in [1.165, 1.54) is 12.0 Å². The zero-order valence-electron chi connectivity index (χ0n) is 30.2. The molecule has 0 saturated carbocycles. The number of carbonyl (C=O) groups excluding carboxylic acids is 4. The molecule has 0 aliphatic carbocycles. The van der Waals surface area contributed by atoms with Crippen molar-refractivity contribution in [3.05, 3.63) is 54.6 Å². The summed E-state index contributed by atoms with van der Waals surface area (Å²) in [4.78, 5) is 60.5. The summed E-state index contributed by atoms with van der Waals surface area (Å²) in [5, 5.41) is 6.40. The van der Waals surface area contributed by atoms with Gasteiger partial charge in [-0.1, -0.05) is 68.9 Å². The molecule has 51 heavy (non-hydrogen) atoms. The molecule has 2 aliphatic rings. The van der Waals surface area contributed by atoms with Gasteiger partial charge in [-0.2, -0.15) is 0 Å². The molecular weight excluding hydrogens is 652 g/mol. The molecule has 2 N–H and O–H groups in total. The second-order valence-electron chi connectivity index (χ2n) is 14.2. The number of amides is 3. The molecule has 2 aliphatic heterocycles. The molecule has 12 nitrogen and oxygen atoms in total. The summed E-state index contributed by atoms with van der Waals surface area (Å²) in [6.45, 7) is 5.35. The highest BCUT2D eigenvalue weighted by Crippen LogP contribution is 2.35. The van der Waals surface area contributed by atoms with E-state index in [1.54, 1.807) is 27.9 Å². The Kier molecular flexibility index (Phi) is 12.4. The summed E-state index contributed by atoms with van der Waals surface area (Å²) in [5.74, 6) is -0.245. The van der Waals surface area contributed by atoms with Crippen molar-refractivity contribution in [1.82, 2.24) is 20.5 Å². The van der Waals surface area contributed by atoms with E-state index in [2.05, 4.69) is 10.6 Å². The normalized spacial score (nSPS) is 22.2. The second-order valence-corrected chi connectivity index (χ2v) is 14.2. The maximum atomic E-state index is 14.4. The van der Waals surface area contributed by atoms with Crippen LogP contribution in [0.4, 0.5) is 4.79 Å². The summed E-state index contributed by atoms with van der Waals surface area (Å²) in [7, 11) is 2.89. The molecular formula is C39H50N4O8. The summed E-state index contributed by atoms with van der Waals surface area (Å²) >= 11 is 0. The van der Waals surface area contributed by atoms with E-state index in [4.69, 9.17) is 23.9 Å². The Morgan fingerprint density at radius 2 is 1.63 bits per heavy atom. The smallest absolute Gasteiger partial charge is 0.408 e. The minimum Gasteiger partial charge on any atom is -0.497 e. The third-order valence-corrected chi connectivity index (χ3v) is 9.22. The van der Waals surface area contributed by atoms with E-state index >= 15 is 0 Å². The maximum absolute atomic E-state index is 14.4. The van der Waals surface area contributed by atoms with Gasteiger partial charge in [0.05, 0.1) is 32.0 Å². The first-order chi connectivity index (χ1) is 24.5. The van der Waals surface area contributed by atoms with E-state index in [0.717, 1.165) is 43.1 Å². The van der Waals surface area contributed by atoms with Gasteiger partial charge in [0.25, 0.3) is 0 Å². The molecule has 2 aromatic carbocycles. The lowest BCUT2D eigenvalue weighted by molar-refractivity contribution is -0.146. The van der Waals surface area contributed by atoms with E-state index in [9.17, 15) is 19.2 Å². The molecule has 3 amide bonds. The first-order valence-corrected chi connectivity index (χ1v) is 17.8. The number of pyridine rings is 1. The highest BCUT2D eigenvalue weighted by Gasteiger charge is 2.44. The van der Waals surface area contributed by atoms with Crippen LogP contribution in [0.15, 0.2) is 54.6 Å². The van der Waals surface area contributed by atoms with Crippen molar-refractivity contribution in [2.24, 2.45) is 0 Å². The van der Waals surface area contributed by atoms with Crippen LogP contribution in [-0.4, -0.2) is 84.4 Å². The van der Waals surface area contributed by atoms with Crippen LogP contribution < -0.4 is 20.1 Å². The number of hydrogen-bond acceptors (Lipinski definition) is 9. The molecule has 2 fully saturated rings. The lowest BCUT2D eigenvalue weighted by Gasteiger charge is -2.30. The maximum Gasteiger partial charge on any atom is 0.408 e. The first kappa shape index (κ1) is 37.4. The lowest BCUT2D eigenvalue weighted by atomic mass is 10.0. The van der Waals surface area contributed by atoms with Gasteiger partial charge in [0, 0.05) is 29.5 Å². The van der Waals surface area contributed by atoms with Crippen molar-refractivity contribution >= 4 is 34.8 Å². The lowest BCUT2D eigenvalue weighted by Crippen LogP contribution is -2.55. The predicted octanol–water partition coefficient (Wildman–Crippen LogP) is 5.94. The molecule has 3 heterocycles. The molecule has 0 spiro atoms. The Morgan fingerprint density at radius 3 is 2.31 bits per heavy atom. The molecule has 0 radical (unpaired) electrons. The summed E-state index contributed by atoms with van der Waals surface area (Å²) in [5.41, 5.74) is 1.48. The Labute approximate surface area is 299 Å². The Morgan fingerprint density at radius 1 is 0.922 bits per heavy atom. The highest BCUT2D eigenvalue weighted by atomic mass is 16.6. The van der Waals surface area contributed by atoms with Crippen LogP contribution in [0.1, 0.15) is 78.6 Å². The number of methoxy groups -OCH3 is 2. The minimum atomic E-state index is -0.968. The number of fused-ring (bicyclic) bond motifs is 2. The Hall–Kier alpha value is -4.87. The third-order valence-electron chi connectivity index (χ3n) is 9.22. The molecule has 3 aromatic rings. The molecule has 2 saturated heterocycles. The van der Waals surface area contributed by atoms with Crippen LogP contribution in [0.3, 0.4) is 0 Å². The van der Waals surface area contributed by atoms with Gasteiger partial charge in [0.15, 0.2) is 0 Å². The minimum absolute atomic E-state index is 0.0763. The average molecular weight is 703 g/mol. The third kappa shape index (κ3) is 9.89. The number of aromatic nitrogens is 1. The topological polar surface area (TPSA) is 145 Å². The van der Waals surface area contributed by atoms with Crippen molar-refractivity contribution in [3.63, 3.8) is 0 Å². The zero-order valence-corrected chi connectivity index (χ0v) is 30.2. The van der Waals surface area contributed by atoms with Gasteiger partial charge in [-0.25, -0.2) is 14.6 Å². The number of benzene rings is 2. The van der Waals surface area contributed by atoms with E-state index in [-0.39, 0.29) is 13.0 Å². The molecule has 12 heteroatoms. The highest BCUT2D eigenvalue weighted by molar-refractivity contribution is 5.94. The van der Waals surface area contributed by atoms with Crippen LogP contribution >= 0.6 is 0 Å². The average Bonchev–Trinajstić information content (AvgIpc) is 3.53. The Bertz CT molecular complexity index is 1690. The molecule has 1 aromatic heterocycles. The van der Waals surface area contributed by atoms with E-state index < -0.39 is 53.7 Å². The summed E-state index contributed by atoms with van der Waals surface area (Å²) < 4.78 is 22.7. The van der Waals surface area contributed by atoms with Gasteiger partial charge in [0.1, 0.15) is 41.3 Å². The van der Waals surface area contributed by atoms with Crippen LogP contribution in [-0.2, 0) is 23.9 Å². The first-order valence-electron chi connectivity index (χ1n) is 17.8. The van der Waals surface area contributed by atoms with Crippen LogP contribution in [0.25, 0.3) is 22.2 Å². The van der Waals surface area contributed by atoms with Gasteiger partial charge < -0.3 is 34.5 Å². The van der Waals surface area contributed by atoms with Crippen molar-refractivity contribution in [1.29, 1.82) is 0 Å². The number of alkyl carbamates (subject to hydrolysis) is 1. The van der Waals surface area contributed by atoms with Gasteiger partial charge in [-0.05, 0) is 45.7 Å². The molecule has 0 unspecified atom stereocenters. The van der Waals surface area contributed by atoms with Crippen molar-refractivity contribution in [2.45, 2.75) is 108 Å². The fourth-order valence-electron chi connectivity index (χ4n) is 6.68. The van der Waals surface area contributed by atoms with Crippen LogP contribution in [0.2, 0.25) is 0 Å². The molecule has 0 bridgehead atoms. The predicted molar refractivity (Wildman–Crippen MR) is 192 cm³/mol. The van der Waals surface area contributed by atoms with Crippen molar-refractivity contribution in [2.75, 3.05) is 20.8 Å². The SMILES string of the molecule is COC(=O)[C@@H]1CCCCCCCC[C@H](NC(=O)OC(C)(C)C)C(=O)N2C[C@H](Oc3cc(-c4ccccc4)nc4cc(OC)ccc34)C[C@H]2C(=O)N1. The number of ether oxygens (including phenoxy) is 4. The fourth-order valence-corrected chi connectivity index (χ4v) is 6.68. The monoisotopic (exact) mass is 702 g/mol. The van der Waals surface area contributed by atoms with Gasteiger partial charge in [-0.15, -0.1) is 0 Å². The summed E-state index contributed by atoms with van der Waals surface area (Å²) in [6, 6.07) is 14.4. The van der Waals surface area contributed by atoms with E-state index in [0.29, 0.717) is 42.0 Å². The molecule has 5 rings (SSSR count). The standard InChI is InChI=1S/C39H50N4O8/c1-39(2,3)51-38(47)42-29-17-13-8-6-7-9-14-18-30(37(46)49-5)41-35(44)33-22-27(24-43(33)36(29)45)50-34-23-31(25-15-11-10-12-16-25)40-32-21-26(48-4)19-20-28(32)34/h10-12,15-16,19-21,23,27,29-30,33H,6-9,13-14,17-18,22,24H2,1-5H3,(H,41,44)(H,42,47)/t27-,29+,30+,33+/m1/s1. The number of rotatable bonds is 6. The van der Waals surface area contributed by atoms with Crippen molar-refractivity contribution < 1.29 is 38.1 Å². The van der Waals surface area contributed by atoms with Crippen LogP contribution in [0, 0.1) is 0 Å². The zero-order chi connectivity index (χ0) is 36.5.